The highest BCUT2D eigenvalue weighted by atomic mass is 35.5. The van der Waals surface area contributed by atoms with Crippen molar-refractivity contribution in [2.24, 2.45) is 7.05 Å². The molecule has 0 unspecified atom stereocenters. The fraction of sp³-hybridized carbons (Fsp3) is 0.167. The van der Waals surface area contributed by atoms with Gasteiger partial charge in [0.15, 0.2) is 15.5 Å². The number of carboxylic acid groups (broad SMARTS) is 1. The Morgan fingerprint density at radius 2 is 2.00 bits per heavy atom. The molecule has 1 aromatic carbocycles. The maximum absolute atomic E-state index is 11.8. The van der Waals surface area contributed by atoms with E-state index >= 15 is 0 Å². The van der Waals surface area contributed by atoms with E-state index in [2.05, 4.69) is 5.10 Å². The number of aromatic carboxylic acids is 1. The number of nitrogens with zero attached hydrogens (tertiary/aromatic N) is 2. The first-order chi connectivity index (χ1) is 9.20. The van der Waals surface area contributed by atoms with Gasteiger partial charge in [-0.2, -0.15) is 5.10 Å². The molecular weight excluding hydrogens is 304 g/mol. The van der Waals surface area contributed by atoms with E-state index in [1.807, 2.05) is 0 Å². The molecule has 0 aliphatic carbocycles. The van der Waals surface area contributed by atoms with E-state index in [0.717, 1.165) is 6.26 Å². The molecule has 0 amide bonds. The second-order valence-corrected chi connectivity index (χ2v) is 6.68. The highest BCUT2D eigenvalue weighted by Crippen LogP contribution is 2.30. The Hall–Kier alpha value is -1.86. The van der Waals surface area contributed by atoms with E-state index < -0.39 is 15.8 Å². The Bertz CT molecular complexity index is 796. The Kier molecular flexibility index (Phi) is 3.58. The predicted molar refractivity (Wildman–Crippen MR) is 73.7 cm³/mol. The molecule has 2 rings (SSSR count). The molecule has 0 radical (unpaired) electrons. The standard InChI is InChI=1S/C12H11ClN2O4S/c1-15-10(6-9(14-15)12(16)17)8-5-7(13)3-4-11(8)20(2,18)19/h3-6H,1-2H3,(H,16,17). The van der Waals surface area contributed by atoms with E-state index in [1.165, 1.54) is 36.0 Å². The summed E-state index contributed by atoms with van der Waals surface area (Å²) < 4.78 is 24.9. The Morgan fingerprint density at radius 1 is 1.35 bits per heavy atom. The zero-order chi connectivity index (χ0) is 15.1. The quantitative estimate of drug-likeness (QED) is 0.933. The van der Waals surface area contributed by atoms with Crippen molar-refractivity contribution < 1.29 is 18.3 Å². The number of carbonyl (C=O) groups is 1. The van der Waals surface area contributed by atoms with Crippen LogP contribution in [0, 0.1) is 0 Å². The smallest absolute Gasteiger partial charge is 0.356 e. The monoisotopic (exact) mass is 314 g/mol. The zero-order valence-electron chi connectivity index (χ0n) is 10.7. The molecule has 0 saturated heterocycles. The van der Waals surface area contributed by atoms with Gasteiger partial charge in [-0.1, -0.05) is 11.6 Å². The molecule has 106 valence electrons. The van der Waals surface area contributed by atoms with Crippen LogP contribution in [0.2, 0.25) is 5.02 Å². The molecule has 8 heteroatoms. The van der Waals surface area contributed by atoms with Gasteiger partial charge in [-0.05, 0) is 24.3 Å². The van der Waals surface area contributed by atoms with Gasteiger partial charge in [-0.25, -0.2) is 13.2 Å². The lowest BCUT2D eigenvalue weighted by atomic mass is 10.1. The van der Waals surface area contributed by atoms with Crippen LogP contribution in [0.15, 0.2) is 29.2 Å². The maximum atomic E-state index is 11.8. The summed E-state index contributed by atoms with van der Waals surface area (Å²) in [7, 11) is -1.94. The van der Waals surface area contributed by atoms with Crippen molar-refractivity contribution in [3.8, 4) is 11.3 Å². The average molecular weight is 315 g/mol. The average Bonchev–Trinajstić information content (AvgIpc) is 2.69. The number of sulfone groups is 1. The number of benzene rings is 1. The zero-order valence-corrected chi connectivity index (χ0v) is 12.2. The van der Waals surface area contributed by atoms with E-state index in [9.17, 15) is 13.2 Å². The molecule has 1 heterocycles. The molecule has 0 atom stereocenters. The van der Waals surface area contributed by atoms with Gasteiger partial charge in [-0.3, -0.25) is 4.68 Å². The molecule has 0 aliphatic heterocycles. The van der Waals surface area contributed by atoms with Crippen LogP contribution in [0.3, 0.4) is 0 Å². The summed E-state index contributed by atoms with van der Waals surface area (Å²) in [6.45, 7) is 0. The van der Waals surface area contributed by atoms with Crippen molar-refractivity contribution in [2.75, 3.05) is 6.26 Å². The van der Waals surface area contributed by atoms with Gasteiger partial charge in [0.05, 0.1) is 10.6 Å². The number of hydrogen-bond acceptors (Lipinski definition) is 4. The van der Waals surface area contributed by atoms with Gasteiger partial charge in [0.2, 0.25) is 0 Å². The first-order valence-corrected chi connectivity index (χ1v) is 7.74. The molecule has 0 fully saturated rings. The largest absolute Gasteiger partial charge is 0.476 e. The summed E-state index contributed by atoms with van der Waals surface area (Å²) >= 11 is 5.90. The van der Waals surface area contributed by atoms with Crippen LogP contribution in [0.5, 0.6) is 0 Å². The normalized spacial score (nSPS) is 11.6. The lowest BCUT2D eigenvalue weighted by Gasteiger charge is -2.08. The predicted octanol–water partition coefficient (Wildman–Crippen LogP) is 1.84. The van der Waals surface area contributed by atoms with Gasteiger partial charge >= 0.3 is 5.97 Å². The van der Waals surface area contributed by atoms with Gasteiger partial charge < -0.3 is 5.11 Å². The summed E-state index contributed by atoms with van der Waals surface area (Å²) in [5.74, 6) is -1.19. The number of aromatic nitrogens is 2. The van der Waals surface area contributed by atoms with E-state index in [1.54, 1.807) is 0 Å². The topological polar surface area (TPSA) is 89.3 Å². The van der Waals surface area contributed by atoms with Crippen molar-refractivity contribution >= 4 is 27.4 Å². The molecule has 0 saturated carbocycles. The van der Waals surface area contributed by atoms with Gasteiger partial charge in [0.25, 0.3) is 0 Å². The second kappa shape index (κ2) is 4.92. The molecule has 2 aromatic rings. The second-order valence-electron chi connectivity index (χ2n) is 4.26. The van der Waals surface area contributed by atoms with Gasteiger partial charge in [0, 0.05) is 23.9 Å². The Labute approximate surface area is 120 Å². The van der Waals surface area contributed by atoms with Crippen molar-refractivity contribution in [2.45, 2.75) is 4.90 Å². The van der Waals surface area contributed by atoms with Crippen molar-refractivity contribution in [3.05, 3.63) is 35.0 Å². The van der Waals surface area contributed by atoms with E-state index in [4.69, 9.17) is 16.7 Å². The Balaban J connectivity index is 2.75. The summed E-state index contributed by atoms with van der Waals surface area (Å²) in [4.78, 5) is 11.0. The molecule has 0 spiro atoms. The Morgan fingerprint density at radius 3 is 2.50 bits per heavy atom. The highest BCUT2D eigenvalue weighted by molar-refractivity contribution is 7.90. The third kappa shape index (κ3) is 2.68. The van der Waals surface area contributed by atoms with Crippen LogP contribution in [0.1, 0.15) is 10.5 Å². The lowest BCUT2D eigenvalue weighted by molar-refractivity contribution is 0.0689. The number of aryl methyl sites for hydroxylation is 1. The summed E-state index contributed by atoms with van der Waals surface area (Å²) in [5, 5.41) is 13.1. The fourth-order valence-electron chi connectivity index (χ4n) is 1.85. The highest BCUT2D eigenvalue weighted by Gasteiger charge is 2.20. The fourth-order valence-corrected chi connectivity index (χ4v) is 2.90. The third-order valence-corrected chi connectivity index (χ3v) is 4.11. The number of rotatable bonds is 3. The van der Waals surface area contributed by atoms with Crippen molar-refractivity contribution in [1.82, 2.24) is 9.78 Å². The molecule has 1 aromatic heterocycles. The lowest BCUT2D eigenvalue weighted by Crippen LogP contribution is -2.03. The minimum Gasteiger partial charge on any atom is -0.476 e. The van der Waals surface area contributed by atoms with Crippen LogP contribution >= 0.6 is 11.6 Å². The van der Waals surface area contributed by atoms with Crippen LogP contribution in [-0.2, 0) is 16.9 Å². The molecular formula is C12H11ClN2O4S. The van der Waals surface area contributed by atoms with E-state index in [0.29, 0.717) is 16.3 Å². The van der Waals surface area contributed by atoms with Crippen LogP contribution in [-0.4, -0.2) is 35.5 Å². The first-order valence-electron chi connectivity index (χ1n) is 5.47. The molecule has 0 bridgehead atoms. The number of halogens is 1. The minimum atomic E-state index is -3.47. The van der Waals surface area contributed by atoms with E-state index in [-0.39, 0.29) is 10.6 Å². The van der Waals surface area contributed by atoms with Crippen molar-refractivity contribution in [1.29, 1.82) is 0 Å². The van der Waals surface area contributed by atoms with Crippen molar-refractivity contribution in [3.63, 3.8) is 0 Å². The SMILES string of the molecule is Cn1nc(C(=O)O)cc1-c1cc(Cl)ccc1S(C)(=O)=O. The first kappa shape index (κ1) is 14.5. The molecule has 0 aliphatic rings. The third-order valence-electron chi connectivity index (χ3n) is 2.72. The summed E-state index contributed by atoms with van der Waals surface area (Å²) in [6.07, 6.45) is 1.08. The van der Waals surface area contributed by atoms with Crippen LogP contribution < -0.4 is 0 Å². The molecule has 6 nitrogen and oxygen atoms in total. The summed E-state index contributed by atoms with van der Waals surface area (Å²) in [5.41, 5.74) is 0.523. The minimum absolute atomic E-state index is 0.0711. The number of carboxylic acids is 1. The van der Waals surface area contributed by atoms with Gasteiger partial charge in [0.1, 0.15) is 0 Å². The van der Waals surface area contributed by atoms with Gasteiger partial charge in [-0.15, -0.1) is 0 Å². The van der Waals surface area contributed by atoms with Crippen LogP contribution in [0.4, 0.5) is 0 Å². The maximum Gasteiger partial charge on any atom is 0.356 e. The molecule has 20 heavy (non-hydrogen) atoms. The van der Waals surface area contributed by atoms with Crippen LogP contribution in [0.25, 0.3) is 11.3 Å². The number of hydrogen-bond donors (Lipinski definition) is 1. The molecule has 1 N–H and O–H groups in total. The summed E-state index contributed by atoms with van der Waals surface area (Å²) in [6, 6.07) is 5.64.